The second-order valence-electron chi connectivity index (χ2n) is 4.02. The van der Waals surface area contributed by atoms with Gasteiger partial charge in [-0.25, -0.2) is 12.8 Å². The van der Waals surface area contributed by atoms with E-state index in [0.717, 1.165) is 12.1 Å². The van der Waals surface area contributed by atoms with Crippen molar-refractivity contribution in [1.29, 1.82) is 0 Å². The van der Waals surface area contributed by atoms with Gasteiger partial charge in [-0.05, 0) is 52.3 Å². The molecule has 0 saturated carbocycles. The first-order chi connectivity index (χ1) is 9.83. The normalized spacial score (nSPS) is 11.2. The number of nitrogens with one attached hydrogen (secondary N) is 2. The maximum atomic E-state index is 13.1. The van der Waals surface area contributed by atoms with Crippen LogP contribution < -0.4 is 16.0 Å². The topological polar surface area (TPSA) is 84.2 Å². The summed E-state index contributed by atoms with van der Waals surface area (Å²) < 4.78 is 40.2. The van der Waals surface area contributed by atoms with E-state index in [-0.39, 0.29) is 20.1 Å². The highest BCUT2D eigenvalue weighted by Crippen LogP contribution is 2.33. The molecular weight excluding hydrogens is 385 g/mol. The van der Waals surface area contributed by atoms with Crippen LogP contribution in [0.5, 0.6) is 0 Å². The Labute approximate surface area is 134 Å². The molecule has 0 aliphatic heterocycles. The Morgan fingerprint density at radius 1 is 1.19 bits per heavy atom. The van der Waals surface area contributed by atoms with Crippen molar-refractivity contribution >= 4 is 48.9 Å². The fourth-order valence-electron chi connectivity index (χ4n) is 1.56. The van der Waals surface area contributed by atoms with Crippen LogP contribution in [0, 0.1) is 5.82 Å². The van der Waals surface area contributed by atoms with Crippen LogP contribution in [-0.2, 0) is 10.0 Å². The van der Waals surface area contributed by atoms with Gasteiger partial charge in [-0.3, -0.25) is 10.6 Å². The molecule has 0 aliphatic rings. The van der Waals surface area contributed by atoms with Gasteiger partial charge < -0.3 is 5.43 Å². The molecule has 5 nitrogen and oxygen atoms in total. The van der Waals surface area contributed by atoms with Gasteiger partial charge in [-0.2, -0.15) is 0 Å². The highest BCUT2D eigenvalue weighted by atomic mass is 79.9. The van der Waals surface area contributed by atoms with Crippen molar-refractivity contribution in [1.82, 2.24) is 0 Å². The van der Waals surface area contributed by atoms with E-state index in [1.165, 1.54) is 24.3 Å². The molecule has 0 atom stereocenters. The highest BCUT2D eigenvalue weighted by Gasteiger charge is 2.18. The lowest BCUT2D eigenvalue weighted by molar-refractivity contribution is 0.601. The molecule has 0 amide bonds. The average molecular weight is 395 g/mol. The van der Waals surface area contributed by atoms with Crippen molar-refractivity contribution in [2.45, 2.75) is 4.90 Å². The maximum absolute atomic E-state index is 13.1. The van der Waals surface area contributed by atoms with Gasteiger partial charge in [-0.1, -0.05) is 11.6 Å². The van der Waals surface area contributed by atoms with Gasteiger partial charge in [-0.15, -0.1) is 0 Å². The molecule has 21 heavy (non-hydrogen) atoms. The summed E-state index contributed by atoms with van der Waals surface area (Å²) in [5.74, 6) is 4.64. The van der Waals surface area contributed by atoms with Gasteiger partial charge in [0.05, 0.1) is 15.6 Å². The Bertz CT molecular complexity index is 746. The van der Waals surface area contributed by atoms with Crippen molar-refractivity contribution in [3.8, 4) is 0 Å². The average Bonchev–Trinajstić information content (AvgIpc) is 2.43. The number of nitrogens with two attached hydrogens (primary N) is 1. The van der Waals surface area contributed by atoms with Gasteiger partial charge in [0.25, 0.3) is 10.0 Å². The predicted molar refractivity (Wildman–Crippen MR) is 84.2 cm³/mol. The molecular formula is C12H10BrClFN3O2S. The SMILES string of the molecule is NNc1ccc(S(=O)(=O)Nc2c(Cl)cc(F)cc2Br)cc1. The van der Waals surface area contributed by atoms with Crippen molar-refractivity contribution in [3.05, 3.63) is 51.7 Å². The van der Waals surface area contributed by atoms with Crippen molar-refractivity contribution in [3.63, 3.8) is 0 Å². The number of hydrazine groups is 1. The minimum absolute atomic E-state index is 0.0220. The largest absolute Gasteiger partial charge is 0.324 e. The Morgan fingerprint density at radius 2 is 1.81 bits per heavy atom. The van der Waals surface area contributed by atoms with Gasteiger partial charge in [0.15, 0.2) is 0 Å². The summed E-state index contributed by atoms with van der Waals surface area (Å²) in [6.07, 6.45) is 0. The minimum Gasteiger partial charge on any atom is -0.324 e. The first-order valence-electron chi connectivity index (χ1n) is 5.57. The molecule has 0 aliphatic carbocycles. The van der Waals surface area contributed by atoms with Crippen LogP contribution in [0.15, 0.2) is 45.8 Å². The third-order valence-corrected chi connectivity index (χ3v) is 4.86. The lowest BCUT2D eigenvalue weighted by Crippen LogP contribution is -2.14. The number of anilines is 2. The first-order valence-corrected chi connectivity index (χ1v) is 8.23. The zero-order valence-corrected chi connectivity index (χ0v) is 13.6. The summed E-state index contributed by atoms with van der Waals surface area (Å²) in [5, 5.41) is -0.0503. The van der Waals surface area contributed by atoms with E-state index in [0.29, 0.717) is 5.69 Å². The molecule has 2 aromatic carbocycles. The summed E-state index contributed by atoms with van der Waals surface area (Å²) in [4.78, 5) is 0.0220. The van der Waals surface area contributed by atoms with Gasteiger partial charge in [0.2, 0.25) is 0 Å². The quantitative estimate of drug-likeness (QED) is 0.548. The van der Waals surface area contributed by atoms with Gasteiger partial charge in [0, 0.05) is 10.2 Å². The summed E-state index contributed by atoms with van der Waals surface area (Å²) in [6.45, 7) is 0. The number of rotatable bonds is 4. The molecule has 0 radical (unpaired) electrons. The molecule has 0 aromatic heterocycles. The number of sulfonamides is 1. The summed E-state index contributed by atoms with van der Waals surface area (Å²) in [7, 11) is -3.85. The second kappa shape index (κ2) is 6.18. The van der Waals surface area contributed by atoms with Crippen LogP contribution in [0.4, 0.5) is 15.8 Å². The third kappa shape index (κ3) is 3.65. The molecule has 0 heterocycles. The van der Waals surface area contributed by atoms with E-state index in [1.54, 1.807) is 0 Å². The van der Waals surface area contributed by atoms with Crippen LogP contribution in [0.1, 0.15) is 0 Å². The molecule has 0 spiro atoms. The molecule has 2 rings (SSSR count). The molecule has 4 N–H and O–H groups in total. The Balaban J connectivity index is 2.37. The predicted octanol–water partition coefficient (Wildman–Crippen LogP) is 3.33. The maximum Gasteiger partial charge on any atom is 0.261 e. The fourth-order valence-corrected chi connectivity index (χ4v) is 3.75. The summed E-state index contributed by atoms with van der Waals surface area (Å²) >= 11 is 8.92. The van der Waals surface area contributed by atoms with Crippen LogP contribution in [0.25, 0.3) is 0 Å². The molecule has 0 unspecified atom stereocenters. The Hall–Kier alpha value is -1.35. The van der Waals surface area contributed by atoms with E-state index in [4.69, 9.17) is 17.4 Å². The molecule has 0 bridgehead atoms. The van der Waals surface area contributed by atoms with Crippen molar-refractivity contribution in [2.24, 2.45) is 5.84 Å². The van der Waals surface area contributed by atoms with E-state index in [9.17, 15) is 12.8 Å². The molecule has 0 fully saturated rings. The number of nitrogen functional groups attached to an aromatic ring is 1. The monoisotopic (exact) mass is 393 g/mol. The lowest BCUT2D eigenvalue weighted by Gasteiger charge is -2.12. The standard InChI is InChI=1S/C12H10BrClFN3O2S/c13-10-5-7(15)6-11(14)12(10)18-21(19,20)9-3-1-8(17-16)2-4-9/h1-6,17-18H,16H2. The molecule has 0 saturated heterocycles. The third-order valence-electron chi connectivity index (χ3n) is 2.57. The van der Waals surface area contributed by atoms with Gasteiger partial charge in [0.1, 0.15) is 5.82 Å². The minimum atomic E-state index is -3.85. The number of halogens is 3. The Morgan fingerprint density at radius 3 is 2.33 bits per heavy atom. The first kappa shape index (κ1) is 16.0. The molecule has 2 aromatic rings. The van der Waals surface area contributed by atoms with E-state index < -0.39 is 15.8 Å². The zero-order chi connectivity index (χ0) is 15.6. The number of hydrogen-bond acceptors (Lipinski definition) is 4. The fraction of sp³-hybridized carbons (Fsp3) is 0. The highest BCUT2D eigenvalue weighted by molar-refractivity contribution is 9.10. The second-order valence-corrected chi connectivity index (χ2v) is 6.96. The Kier molecular flexibility index (Phi) is 4.72. The summed E-state index contributed by atoms with van der Waals surface area (Å²) in [6, 6.07) is 7.91. The van der Waals surface area contributed by atoms with Crippen LogP contribution in [-0.4, -0.2) is 8.42 Å². The smallest absolute Gasteiger partial charge is 0.261 e. The van der Waals surface area contributed by atoms with E-state index in [1.807, 2.05) is 0 Å². The number of benzene rings is 2. The van der Waals surface area contributed by atoms with E-state index in [2.05, 4.69) is 26.1 Å². The lowest BCUT2D eigenvalue weighted by atomic mass is 10.3. The molecule has 112 valence electrons. The van der Waals surface area contributed by atoms with Crippen molar-refractivity contribution < 1.29 is 12.8 Å². The van der Waals surface area contributed by atoms with Crippen LogP contribution in [0.2, 0.25) is 5.02 Å². The number of hydrogen-bond donors (Lipinski definition) is 3. The van der Waals surface area contributed by atoms with Crippen LogP contribution in [0.3, 0.4) is 0 Å². The zero-order valence-electron chi connectivity index (χ0n) is 10.4. The van der Waals surface area contributed by atoms with E-state index >= 15 is 0 Å². The van der Waals surface area contributed by atoms with Crippen LogP contribution >= 0.6 is 27.5 Å². The summed E-state index contributed by atoms with van der Waals surface area (Å²) in [5.41, 5.74) is 3.03. The van der Waals surface area contributed by atoms with Gasteiger partial charge >= 0.3 is 0 Å². The van der Waals surface area contributed by atoms with Crippen molar-refractivity contribution in [2.75, 3.05) is 10.1 Å². The molecule has 9 heteroatoms.